The second-order valence-corrected chi connectivity index (χ2v) is 7.11. The van der Waals surface area contributed by atoms with Gasteiger partial charge in [0.1, 0.15) is 0 Å². The fraction of sp³-hybridized carbons (Fsp3) is 0.304. The number of hydrogen-bond donors (Lipinski definition) is 0. The molecule has 1 amide bonds. The van der Waals surface area contributed by atoms with Gasteiger partial charge in [-0.25, -0.2) is 4.98 Å². The van der Waals surface area contributed by atoms with Crippen LogP contribution in [0.2, 0.25) is 0 Å². The summed E-state index contributed by atoms with van der Waals surface area (Å²) in [5, 5.41) is 0. The normalized spacial score (nSPS) is 14.9. The minimum absolute atomic E-state index is 0.0746. The van der Waals surface area contributed by atoms with E-state index in [0.29, 0.717) is 13.1 Å². The van der Waals surface area contributed by atoms with E-state index >= 15 is 0 Å². The van der Waals surface area contributed by atoms with E-state index in [-0.39, 0.29) is 5.91 Å². The molecule has 0 spiro atoms. The van der Waals surface area contributed by atoms with Gasteiger partial charge in [0, 0.05) is 38.8 Å². The summed E-state index contributed by atoms with van der Waals surface area (Å²) in [6.45, 7) is 6.18. The fourth-order valence-electron chi connectivity index (χ4n) is 3.71. The van der Waals surface area contributed by atoms with E-state index in [1.165, 1.54) is 5.52 Å². The minimum Gasteiger partial charge on any atom is -0.339 e. The number of carbonyl (C=O) groups excluding carboxylic acids is 1. The van der Waals surface area contributed by atoms with Gasteiger partial charge >= 0.3 is 0 Å². The van der Waals surface area contributed by atoms with Crippen molar-refractivity contribution in [3.8, 4) is 0 Å². The lowest BCUT2D eigenvalue weighted by atomic mass is 10.2. The van der Waals surface area contributed by atoms with Crippen LogP contribution >= 0.6 is 0 Å². The number of imidazole rings is 1. The van der Waals surface area contributed by atoms with Crippen LogP contribution in [0.25, 0.3) is 17.1 Å². The van der Waals surface area contributed by atoms with E-state index < -0.39 is 0 Å². The fourth-order valence-corrected chi connectivity index (χ4v) is 3.71. The van der Waals surface area contributed by atoms with Crippen molar-refractivity contribution in [3.63, 3.8) is 0 Å². The largest absolute Gasteiger partial charge is 0.339 e. The molecule has 4 rings (SSSR count). The van der Waals surface area contributed by atoms with Crippen LogP contribution in [-0.2, 0) is 11.3 Å². The Kier molecular flexibility index (Phi) is 5.42. The molecule has 5 nitrogen and oxygen atoms in total. The number of rotatable bonds is 5. The van der Waals surface area contributed by atoms with Gasteiger partial charge in [0.2, 0.25) is 11.9 Å². The summed E-state index contributed by atoms with van der Waals surface area (Å²) >= 11 is 0. The molecule has 0 saturated carbocycles. The lowest BCUT2D eigenvalue weighted by Gasteiger charge is -2.35. The third-order valence-electron chi connectivity index (χ3n) is 5.17. The minimum atomic E-state index is 0.0746. The van der Waals surface area contributed by atoms with Gasteiger partial charge in [-0.05, 0) is 30.2 Å². The number of aromatic nitrogens is 2. The van der Waals surface area contributed by atoms with E-state index in [1.54, 1.807) is 6.08 Å². The van der Waals surface area contributed by atoms with E-state index in [4.69, 9.17) is 4.98 Å². The molecule has 0 bridgehead atoms. The van der Waals surface area contributed by atoms with Crippen molar-refractivity contribution in [2.24, 2.45) is 0 Å². The van der Waals surface area contributed by atoms with Crippen molar-refractivity contribution in [1.82, 2.24) is 14.5 Å². The van der Waals surface area contributed by atoms with Gasteiger partial charge in [0.15, 0.2) is 0 Å². The molecule has 0 unspecified atom stereocenters. The molecule has 144 valence electrons. The summed E-state index contributed by atoms with van der Waals surface area (Å²) in [5.74, 6) is 1.10. The van der Waals surface area contributed by atoms with Crippen molar-refractivity contribution in [2.75, 3.05) is 31.1 Å². The van der Waals surface area contributed by atoms with Crippen LogP contribution < -0.4 is 4.90 Å². The van der Waals surface area contributed by atoms with Crippen LogP contribution in [0.1, 0.15) is 18.9 Å². The molecule has 1 aliphatic heterocycles. The first kappa shape index (κ1) is 18.3. The lowest BCUT2D eigenvalue weighted by Crippen LogP contribution is -2.49. The summed E-state index contributed by atoms with van der Waals surface area (Å²) < 4.78 is 2.31. The van der Waals surface area contributed by atoms with E-state index in [0.717, 1.165) is 43.1 Å². The van der Waals surface area contributed by atoms with Crippen LogP contribution in [0.3, 0.4) is 0 Å². The molecule has 0 aliphatic carbocycles. The molecule has 2 aromatic carbocycles. The first-order valence-corrected chi connectivity index (χ1v) is 9.98. The van der Waals surface area contributed by atoms with Crippen LogP contribution in [0.5, 0.6) is 0 Å². The third-order valence-corrected chi connectivity index (χ3v) is 5.17. The number of amides is 1. The van der Waals surface area contributed by atoms with Crippen LogP contribution in [0.4, 0.5) is 5.95 Å². The zero-order chi connectivity index (χ0) is 19.3. The Balaban J connectivity index is 1.44. The number of piperazine rings is 1. The molecule has 1 fully saturated rings. The Hall–Kier alpha value is -3.08. The summed E-state index contributed by atoms with van der Waals surface area (Å²) in [4.78, 5) is 21.6. The Morgan fingerprint density at radius 1 is 1.00 bits per heavy atom. The highest BCUT2D eigenvalue weighted by Crippen LogP contribution is 2.24. The number of carbonyl (C=O) groups is 1. The Morgan fingerprint density at radius 2 is 1.71 bits per heavy atom. The van der Waals surface area contributed by atoms with E-state index in [1.807, 2.05) is 47.4 Å². The summed E-state index contributed by atoms with van der Waals surface area (Å²) in [7, 11) is 0. The standard InChI is InChI=1S/C23H26N4O/c1-2-14-27-21-11-7-6-10-20(21)24-23(27)26-17-15-25(16-18-26)22(28)13-12-19-8-4-3-5-9-19/h3-13H,2,14-18H2,1H3/b13-12+. The van der Waals surface area contributed by atoms with Crippen molar-refractivity contribution in [2.45, 2.75) is 19.9 Å². The SMILES string of the molecule is CCCn1c(N2CCN(C(=O)/C=C/c3ccccc3)CC2)nc2ccccc21. The first-order chi connectivity index (χ1) is 13.8. The second kappa shape index (κ2) is 8.30. The van der Waals surface area contributed by atoms with Gasteiger partial charge in [-0.15, -0.1) is 0 Å². The maximum absolute atomic E-state index is 12.5. The molecular formula is C23H26N4O. The van der Waals surface area contributed by atoms with Crippen LogP contribution in [0.15, 0.2) is 60.7 Å². The van der Waals surface area contributed by atoms with Gasteiger partial charge in [-0.3, -0.25) is 4.79 Å². The predicted molar refractivity (Wildman–Crippen MR) is 114 cm³/mol. The van der Waals surface area contributed by atoms with Gasteiger partial charge in [-0.1, -0.05) is 49.4 Å². The number of hydrogen-bond acceptors (Lipinski definition) is 3. The molecule has 3 aromatic rings. The predicted octanol–water partition coefficient (Wildman–Crippen LogP) is 3.81. The maximum atomic E-state index is 12.5. The molecule has 0 radical (unpaired) electrons. The average molecular weight is 374 g/mol. The summed E-state index contributed by atoms with van der Waals surface area (Å²) in [6.07, 6.45) is 4.63. The molecule has 1 saturated heterocycles. The zero-order valence-electron chi connectivity index (χ0n) is 16.3. The van der Waals surface area contributed by atoms with Gasteiger partial charge < -0.3 is 14.4 Å². The molecule has 2 heterocycles. The number of aryl methyl sites for hydroxylation is 1. The van der Waals surface area contributed by atoms with Crippen molar-refractivity contribution < 1.29 is 4.79 Å². The van der Waals surface area contributed by atoms with Gasteiger partial charge in [-0.2, -0.15) is 0 Å². The highest BCUT2D eigenvalue weighted by Gasteiger charge is 2.23. The molecule has 1 aliphatic rings. The average Bonchev–Trinajstić information content (AvgIpc) is 3.12. The maximum Gasteiger partial charge on any atom is 0.246 e. The van der Waals surface area contributed by atoms with Crippen molar-refractivity contribution >= 4 is 29.0 Å². The molecule has 28 heavy (non-hydrogen) atoms. The summed E-state index contributed by atoms with van der Waals surface area (Å²) in [6, 6.07) is 18.2. The summed E-state index contributed by atoms with van der Waals surface area (Å²) in [5.41, 5.74) is 3.27. The van der Waals surface area contributed by atoms with Gasteiger partial charge in [0.05, 0.1) is 11.0 Å². The highest BCUT2D eigenvalue weighted by molar-refractivity contribution is 5.92. The van der Waals surface area contributed by atoms with E-state index in [2.05, 4.69) is 34.6 Å². The molecule has 1 aromatic heterocycles. The Morgan fingerprint density at radius 3 is 2.46 bits per heavy atom. The van der Waals surface area contributed by atoms with Crippen molar-refractivity contribution in [1.29, 1.82) is 0 Å². The molecular weight excluding hydrogens is 348 g/mol. The zero-order valence-corrected chi connectivity index (χ0v) is 16.3. The lowest BCUT2D eigenvalue weighted by molar-refractivity contribution is -0.126. The molecule has 5 heteroatoms. The van der Waals surface area contributed by atoms with Gasteiger partial charge in [0.25, 0.3) is 0 Å². The molecule has 0 atom stereocenters. The topological polar surface area (TPSA) is 41.4 Å². The monoisotopic (exact) mass is 374 g/mol. The smallest absolute Gasteiger partial charge is 0.246 e. The quantitative estimate of drug-likeness (QED) is 0.638. The second-order valence-electron chi connectivity index (χ2n) is 7.11. The number of fused-ring (bicyclic) bond motifs is 1. The van der Waals surface area contributed by atoms with E-state index in [9.17, 15) is 4.79 Å². The first-order valence-electron chi connectivity index (χ1n) is 9.98. The number of para-hydroxylation sites is 2. The molecule has 0 N–H and O–H groups in total. The Bertz CT molecular complexity index is 969. The highest BCUT2D eigenvalue weighted by atomic mass is 16.2. The number of benzene rings is 2. The van der Waals surface area contributed by atoms with Crippen LogP contribution in [-0.4, -0.2) is 46.5 Å². The Labute approximate surface area is 165 Å². The number of anilines is 1. The third kappa shape index (κ3) is 3.79. The van der Waals surface area contributed by atoms with Crippen LogP contribution in [0, 0.1) is 0 Å². The van der Waals surface area contributed by atoms with Crippen molar-refractivity contribution in [3.05, 3.63) is 66.2 Å². The number of nitrogens with zero attached hydrogens (tertiary/aromatic N) is 4.